The van der Waals surface area contributed by atoms with Crippen LogP contribution in [0.15, 0.2) is 0 Å². The molecule has 0 spiro atoms. The van der Waals surface area contributed by atoms with Crippen LogP contribution in [0.5, 0.6) is 0 Å². The number of carboxylic acid groups (broad SMARTS) is 1. The smallest absolute Gasteiger partial charge is 0.317 e. The molecule has 4 nitrogen and oxygen atoms in total. The van der Waals surface area contributed by atoms with Crippen molar-refractivity contribution in [2.75, 3.05) is 33.7 Å². The fourth-order valence-corrected chi connectivity index (χ4v) is 2.69. The van der Waals surface area contributed by atoms with Gasteiger partial charge in [0.1, 0.15) is 0 Å². The Balaban J connectivity index is 2.51. The maximum atomic E-state index is 11.0. The maximum Gasteiger partial charge on any atom is 0.317 e. The summed E-state index contributed by atoms with van der Waals surface area (Å²) < 4.78 is 0. The van der Waals surface area contributed by atoms with Crippen molar-refractivity contribution in [2.45, 2.75) is 51.0 Å². The van der Waals surface area contributed by atoms with E-state index in [1.54, 1.807) is 0 Å². The number of rotatable bonds is 6. The van der Waals surface area contributed by atoms with E-state index >= 15 is 0 Å². The highest BCUT2D eigenvalue weighted by molar-refractivity contribution is 5.69. The van der Waals surface area contributed by atoms with Crippen molar-refractivity contribution < 1.29 is 9.90 Å². The summed E-state index contributed by atoms with van der Waals surface area (Å²) in [6, 6.07) is 0.473. The molecule has 1 N–H and O–H groups in total. The second kappa shape index (κ2) is 8.48. The van der Waals surface area contributed by atoms with Crippen LogP contribution in [-0.4, -0.2) is 60.6 Å². The lowest BCUT2D eigenvalue weighted by Gasteiger charge is -2.32. The molecular weight excluding hydrogens is 228 g/mol. The molecule has 18 heavy (non-hydrogen) atoms. The average molecular weight is 256 g/mol. The van der Waals surface area contributed by atoms with Gasteiger partial charge in [-0.2, -0.15) is 0 Å². The third-order valence-corrected chi connectivity index (χ3v) is 3.76. The number of carboxylic acids is 1. The van der Waals surface area contributed by atoms with Crippen LogP contribution in [0.4, 0.5) is 0 Å². The van der Waals surface area contributed by atoms with Gasteiger partial charge in [0.05, 0.1) is 6.54 Å². The number of hydrogen-bond acceptors (Lipinski definition) is 3. The molecule has 0 atom stereocenters. The average Bonchev–Trinajstić information content (AvgIpc) is 2.23. The van der Waals surface area contributed by atoms with Gasteiger partial charge in [0, 0.05) is 19.1 Å². The Kier molecular flexibility index (Phi) is 7.28. The lowest BCUT2D eigenvalue weighted by atomic mass is 9.95. The highest BCUT2D eigenvalue weighted by Gasteiger charge is 2.21. The quantitative estimate of drug-likeness (QED) is 0.790. The zero-order valence-electron chi connectivity index (χ0n) is 11.9. The summed E-state index contributed by atoms with van der Waals surface area (Å²) in [5.41, 5.74) is 0. The maximum absolute atomic E-state index is 11.0. The van der Waals surface area contributed by atoms with Crippen molar-refractivity contribution in [2.24, 2.45) is 0 Å². The molecule has 106 valence electrons. The van der Waals surface area contributed by atoms with Crippen LogP contribution in [0, 0.1) is 0 Å². The van der Waals surface area contributed by atoms with Gasteiger partial charge in [-0.3, -0.25) is 9.69 Å². The lowest BCUT2D eigenvalue weighted by Crippen LogP contribution is -2.43. The van der Waals surface area contributed by atoms with Crippen LogP contribution in [0.2, 0.25) is 0 Å². The van der Waals surface area contributed by atoms with Crippen molar-refractivity contribution in [1.82, 2.24) is 9.80 Å². The normalized spacial score (nSPS) is 18.9. The van der Waals surface area contributed by atoms with Gasteiger partial charge in [0.2, 0.25) is 0 Å². The van der Waals surface area contributed by atoms with Gasteiger partial charge < -0.3 is 10.0 Å². The molecule has 0 bridgehead atoms. The topological polar surface area (TPSA) is 43.8 Å². The van der Waals surface area contributed by atoms with Gasteiger partial charge in [-0.05, 0) is 26.9 Å². The minimum absolute atomic E-state index is 0.193. The Morgan fingerprint density at radius 1 is 1.06 bits per heavy atom. The summed E-state index contributed by atoms with van der Waals surface area (Å²) in [5.74, 6) is -0.698. The molecule has 1 rings (SSSR count). The van der Waals surface area contributed by atoms with Crippen LogP contribution < -0.4 is 0 Å². The van der Waals surface area contributed by atoms with Crippen LogP contribution in [0.1, 0.15) is 44.9 Å². The third-order valence-electron chi connectivity index (χ3n) is 3.76. The monoisotopic (exact) mass is 256 g/mol. The molecule has 0 saturated heterocycles. The molecule has 0 aliphatic heterocycles. The first-order chi connectivity index (χ1) is 8.59. The zero-order valence-corrected chi connectivity index (χ0v) is 11.9. The summed E-state index contributed by atoms with van der Waals surface area (Å²) in [6.07, 6.45) is 8.81. The summed E-state index contributed by atoms with van der Waals surface area (Å²) in [6.45, 7) is 1.99. The van der Waals surface area contributed by atoms with Crippen LogP contribution in [0.3, 0.4) is 0 Å². The number of aliphatic carboxylic acids is 1. The molecule has 4 heteroatoms. The molecule has 0 aromatic carbocycles. The van der Waals surface area contributed by atoms with Gasteiger partial charge >= 0.3 is 5.97 Å². The molecule has 0 heterocycles. The van der Waals surface area contributed by atoms with E-state index in [0.29, 0.717) is 6.04 Å². The van der Waals surface area contributed by atoms with E-state index in [1.807, 2.05) is 14.1 Å². The standard InChI is InChI=1S/C14H28N2O2/c1-15(2)10-11-16(12-14(17)18)13-8-6-4-3-5-7-9-13/h13H,3-12H2,1-2H3,(H,17,18). The Bertz CT molecular complexity index is 236. The van der Waals surface area contributed by atoms with Crippen molar-refractivity contribution in [3.8, 4) is 0 Å². The van der Waals surface area contributed by atoms with E-state index in [4.69, 9.17) is 5.11 Å². The minimum atomic E-state index is -0.698. The van der Waals surface area contributed by atoms with E-state index < -0.39 is 5.97 Å². The number of nitrogens with zero attached hydrogens (tertiary/aromatic N) is 2. The van der Waals surface area contributed by atoms with Gasteiger partial charge in [0.15, 0.2) is 0 Å². The SMILES string of the molecule is CN(C)CCN(CC(=O)O)C1CCCCCCC1. The van der Waals surface area contributed by atoms with E-state index in [2.05, 4.69) is 9.80 Å². The minimum Gasteiger partial charge on any atom is -0.480 e. The van der Waals surface area contributed by atoms with Crippen LogP contribution in [-0.2, 0) is 4.79 Å². The van der Waals surface area contributed by atoms with Gasteiger partial charge in [-0.15, -0.1) is 0 Å². The first-order valence-corrected chi connectivity index (χ1v) is 7.20. The second-order valence-electron chi connectivity index (χ2n) is 5.67. The van der Waals surface area contributed by atoms with E-state index in [1.165, 1.54) is 44.9 Å². The third kappa shape index (κ3) is 6.36. The molecule has 1 aliphatic rings. The zero-order chi connectivity index (χ0) is 13.4. The fourth-order valence-electron chi connectivity index (χ4n) is 2.69. The number of carbonyl (C=O) groups is 1. The molecule has 0 radical (unpaired) electrons. The molecule has 1 fully saturated rings. The molecule has 0 aromatic rings. The summed E-state index contributed by atoms with van der Waals surface area (Å²) in [4.78, 5) is 15.3. The van der Waals surface area contributed by atoms with Gasteiger partial charge in [-0.25, -0.2) is 0 Å². The molecule has 1 aliphatic carbocycles. The van der Waals surface area contributed by atoms with Crippen molar-refractivity contribution in [3.05, 3.63) is 0 Å². The van der Waals surface area contributed by atoms with Crippen LogP contribution >= 0.6 is 0 Å². The molecular formula is C14H28N2O2. The molecule has 0 amide bonds. The Hall–Kier alpha value is -0.610. The van der Waals surface area contributed by atoms with E-state index in [9.17, 15) is 4.79 Å². The summed E-state index contributed by atoms with van der Waals surface area (Å²) in [5, 5.41) is 9.05. The van der Waals surface area contributed by atoms with E-state index in [0.717, 1.165) is 13.1 Å². The highest BCUT2D eigenvalue weighted by atomic mass is 16.4. The molecule has 1 saturated carbocycles. The largest absolute Gasteiger partial charge is 0.480 e. The van der Waals surface area contributed by atoms with E-state index in [-0.39, 0.29) is 6.54 Å². The van der Waals surface area contributed by atoms with Gasteiger partial charge in [0.25, 0.3) is 0 Å². The fraction of sp³-hybridized carbons (Fsp3) is 0.929. The molecule has 0 aromatic heterocycles. The Morgan fingerprint density at radius 2 is 1.61 bits per heavy atom. The second-order valence-corrected chi connectivity index (χ2v) is 5.67. The van der Waals surface area contributed by atoms with Crippen molar-refractivity contribution in [3.63, 3.8) is 0 Å². The highest BCUT2D eigenvalue weighted by Crippen LogP contribution is 2.21. The predicted molar refractivity (Wildman–Crippen MR) is 73.9 cm³/mol. The van der Waals surface area contributed by atoms with Gasteiger partial charge in [-0.1, -0.05) is 32.1 Å². The lowest BCUT2D eigenvalue weighted by molar-refractivity contribution is -0.139. The number of likely N-dealkylation sites (N-methyl/N-ethyl adjacent to an activating group) is 1. The summed E-state index contributed by atoms with van der Waals surface area (Å²) >= 11 is 0. The first kappa shape index (κ1) is 15.4. The molecule has 0 unspecified atom stereocenters. The summed E-state index contributed by atoms with van der Waals surface area (Å²) in [7, 11) is 4.08. The predicted octanol–water partition coefficient (Wildman–Crippen LogP) is 2.05. The Labute approximate surface area is 111 Å². The van der Waals surface area contributed by atoms with Crippen molar-refractivity contribution in [1.29, 1.82) is 0 Å². The van der Waals surface area contributed by atoms with Crippen LogP contribution in [0.25, 0.3) is 0 Å². The Morgan fingerprint density at radius 3 is 2.11 bits per heavy atom. The van der Waals surface area contributed by atoms with Crippen molar-refractivity contribution >= 4 is 5.97 Å². The number of hydrogen-bond donors (Lipinski definition) is 1. The first-order valence-electron chi connectivity index (χ1n) is 7.20.